The zero-order valence-corrected chi connectivity index (χ0v) is 38.9. The standard InChI is InChI=1S/C48H93O7P/c1-7-46(4)50-40-34-28-22-16-10-13-19-25-31-37-43-53-56(49,54-44-38-32-26-20-14-11-17-23-29-35-41-51-47(5)8-2)55-45-39-33-27-21-15-12-18-24-30-36-42-52-48(6)9-3/h7-9H,10-45H2,1-6H3/b46-7+,47-8+,48-9+. The van der Waals surface area contributed by atoms with Gasteiger partial charge in [-0.2, -0.15) is 0 Å². The number of phosphoric acid groups is 1. The van der Waals surface area contributed by atoms with E-state index in [-0.39, 0.29) is 0 Å². The number of allylic oxidation sites excluding steroid dienone is 6. The quantitative estimate of drug-likeness (QED) is 0.0344. The molecule has 0 amide bonds. The minimum Gasteiger partial charge on any atom is -0.499 e. The molecule has 0 aliphatic rings. The summed E-state index contributed by atoms with van der Waals surface area (Å²) < 4.78 is 48.1. The van der Waals surface area contributed by atoms with Gasteiger partial charge in [0.1, 0.15) is 0 Å². The minimum absolute atomic E-state index is 0.441. The van der Waals surface area contributed by atoms with E-state index in [2.05, 4.69) is 0 Å². The van der Waals surface area contributed by atoms with Crippen LogP contribution in [-0.4, -0.2) is 39.6 Å². The Hall–Kier alpha value is -1.27. The summed E-state index contributed by atoms with van der Waals surface area (Å²) in [6.45, 7) is 16.0. The normalized spacial score (nSPS) is 12.8. The van der Waals surface area contributed by atoms with E-state index in [4.69, 9.17) is 27.8 Å². The maximum atomic E-state index is 13.6. The molecule has 0 spiro atoms. The Morgan fingerprint density at radius 1 is 0.304 bits per heavy atom. The SMILES string of the molecule is C/C=C(\C)OCCCCCCCCCCCCOP(=O)(OCCCCCCCCCCCCO/C(C)=C/C)OCCCCCCCCCCCCO/C(C)=C/C. The van der Waals surface area contributed by atoms with E-state index in [0.717, 1.165) is 94.9 Å². The van der Waals surface area contributed by atoms with Crippen molar-refractivity contribution in [2.75, 3.05) is 39.6 Å². The summed E-state index contributed by atoms with van der Waals surface area (Å²) in [5, 5.41) is 0. The van der Waals surface area contributed by atoms with E-state index >= 15 is 0 Å². The van der Waals surface area contributed by atoms with Gasteiger partial charge in [0.05, 0.1) is 56.9 Å². The van der Waals surface area contributed by atoms with Gasteiger partial charge in [-0.1, -0.05) is 172 Å². The summed E-state index contributed by atoms with van der Waals surface area (Å²) in [5.41, 5.74) is 0. The Morgan fingerprint density at radius 2 is 0.464 bits per heavy atom. The molecular formula is C48H93O7P. The smallest absolute Gasteiger partial charge is 0.474 e. The molecule has 0 fully saturated rings. The van der Waals surface area contributed by atoms with Crippen LogP contribution in [0.25, 0.3) is 0 Å². The van der Waals surface area contributed by atoms with Gasteiger partial charge in [-0.3, -0.25) is 13.6 Å². The summed E-state index contributed by atoms with van der Waals surface area (Å²) in [5.74, 6) is 3.07. The maximum absolute atomic E-state index is 13.6. The monoisotopic (exact) mass is 813 g/mol. The molecule has 0 radical (unpaired) electrons. The molecule has 0 unspecified atom stereocenters. The van der Waals surface area contributed by atoms with Gasteiger partial charge in [0.15, 0.2) is 0 Å². The molecule has 56 heavy (non-hydrogen) atoms. The van der Waals surface area contributed by atoms with Gasteiger partial charge in [-0.15, -0.1) is 0 Å². The van der Waals surface area contributed by atoms with Gasteiger partial charge < -0.3 is 14.2 Å². The Bertz CT molecular complexity index is 844. The maximum Gasteiger partial charge on any atom is 0.474 e. The topological polar surface area (TPSA) is 72.5 Å². The number of hydrogen-bond donors (Lipinski definition) is 0. The molecule has 0 heterocycles. The highest BCUT2D eigenvalue weighted by Gasteiger charge is 2.26. The van der Waals surface area contributed by atoms with Crippen LogP contribution >= 0.6 is 7.82 Å². The summed E-state index contributed by atoms with van der Waals surface area (Å²) in [6, 6.07) is 0. The van der Waals surface area contributed by atoms with Gasteiger partial charge in [0.25, 0.3) is 0 Å². The molecule has 8 heteroatoms. The van der Waals surface area contributed by atoms with Crippen LogP contribution in [0, 0.1) is 0 Å². The van der Waals surface area contributed by atoms with Crippen molar-refractivity contribution in [3.05, 3.63) is 35.5 Å². The van der Waals surface area contributed by atoms with Crippen LogP contribution in [0.3, 0.4) is 0 Å². The average molecular weight is 813 g/mol. The molecule has 0 rings (SSSR count). The lowest BCUT2D eigenvalue weighted by molar-refractivity contribution is 0.108. The van der Waals surface area contributed by atoms with Crippen LogP contribution in [0.2, 0.25) is 0 Å². The molecule has 0 atom stereocenters. The first-order chi connectivity index (χ1) is 27.4. The number of phosphoric ester groups is 1. The van der Waals surface area contributed by atoms with Crippen LogP contribution in [0.4, 0.5) is 0 Å². The van der Waals surface area contributed by atoms with Crippen molar-refractivity contribution in [2.45, 2.75) is 234 Å². The Labute approximate surface area is 348 Å². The zero-order valence-electron chi connectivity index (χ0n) is 38.0. The van der Waals surface area contributed by atoms with E-state index in [1.807, 2.05) is 59.8 Å². The van der Waals surface area contributed by atoms with Crippen molar-refractivity contribution in [3.63, 3.8) is 0 Å². The Balaban J connectivity index is 4.15. The highest BCUT2D eigenvalue weighted by Crippen LogP contribution is 2.50. The Morgan fingerprint density at radius 3 is 0.643 bits per heavy atom. The third-order valence-corrected chi connectivity index (χ3v) is 12.1. The lowest BCUT2D eigenvalue weighted by Gasteiger charge is -2.18. The first-order valence-electron chi connectivity index (χ1n) is 23.7. The van der Waals surface area contributed by atoms with Gasteiger partial charge in [-0.05, 0) is 80.1 Å². The fraction of sp³-hybridized carbons (Fsp3) is 0.875. The molecule has 0 saturated carbocycles. The van der Waals surface area contributed by atoms with Gasteiger partial charge in [0.2, 0.25) is 0 Å². The van der Waals surface area contributed by atoms with E-state index < -0.39 is 7.82 Å². The summed E-state index contributed by atoms with van der Waals surface area (Å²) in [4.78, 5) is 0. The lowest BCUT2D eigenvalue weighted by Crippen LogP contribution is -2.04. The molecular weight excluding hydrogens is 719 g/mol. The molecule has 0 aromatic heterocycles. The molecule has 0 saturated heterocycles. The van der Waals surface area contributed by atoms with E-state index in [9.17, 15) is 4.57 Å². The van der Waals surface area contributed by atoms with Crippen LogP contribution in [0.5, 0.6) is 0 Å². The summed E-state index contributed by atoms with van der Waals surface area (Å²) in [6.07, 6.45) is 42.2. The third kappa shape index (κ3) is 40.9. The minimum atomic E-state index is -3.52. The second-order valence-corrected chi connectivity index (χ2v) is 17.5. The number of unbranched alkanes of at least 4 members (excludes halogenated alkanes) is 27. The molecule has 0 aliphatic carbocycles. The van der Waals surface area contributed by atoms with Crippen LogP contribution in [0.15, 0.2) is 35.5 Å². The van der Waals surface area contributed by atoms with Crippen molar-refractivity contribution in [2.24, 2.45) is 0 Å². The third-order valence-electron chi connectivity index (χ3n) is 10.6. The molecule has 0 bridgehead atoms. The predicted molar refractivity (Wildman–Crippen MR) is 240 cm³/mol. The molecule has 7 nitrogen and oxygen atoms in total. The highest BCUT2D eigenvalue weighted by atomic mass is 31.2. The second-order valence-electron chi connectivity index (χ2n) is 15.8. The summed E-state index contributed by atoms with van der Waals surface area (Å²) in [7, 11) is -3.52. The fourth-order valence-corrected chi connectivity index (χ4v) is 7.73. The van der Waals surface area contributed by atoms with Gasteiger partial charge in [-0.25, -0.2) is 4.57 Å². The van der Waals surface area contributed by atoms with Crippen LogP contribution < -0.4 is 0 Å². The van der Waals surface area contributed by atoms with Crippen molar-refractivity contribution in [1.29, 1.82) is 0 Å². The van der Waals surface area contributed by atoms with E-state index in [1.54, 1.807) is 0 Å². The highest BCUT2D eigenvalue weighted by molar-refractivity contribution is 7.48. The zero-order chi connectivity index (χ0) is 41.1. The van der Waals surface area contributed by atoms with Crippen molar-refractivity contribution < 1.29 is 32.3 Å². The number of ether oxygens (including phenoxy) is 3. The van der Waals surface area contributed by atoms with E-state index in [0.29, 0.717) is 19.8 Å². The second kappa shape index (κ2) is 43.3. The molecule has 0 N–H and O–H groups in total. The summed E-state index contributed by atoms with van der Waals surface area (Å²) >= 11 is 0. The van der Waals surface area contributed by atoms with Crippen molar-refractivity contribution >= 4 is 7.82 Å². The average Bonchev–Trinajstić information content (AvgIpc) is 3.20. The van der Waals surface area contributed by atoms with Crippen LogP contribution in [0.1, 0.15) is 234 Å². The van der Waals surface area contributed by atoms with E-state index in [1.165, 1.54) is 135 Å². The number of rotatable bonds is 45. The predicted octanol–water partition coefficient (Wildman–Crippen LogP) is 16.7. The molecule has 0 aromatic rings. The largest absolute Gasteiger partial charge is 0.499 e. The van der Waals surface area contributed by atoms with Crippen molar-refractivity contribution in [1.82, 2.24) is 0 Å². The van der Waals surface area contributed by atoms with Gasteiger partial charge >= 0.3 is 7.82 Å². The molecule has 0 aromatic carbocycles. The molecule has 0 aliphatic heterocycles. The Kier molecular flexibility index (Phi) is 42.3. The number of hydrogen-bond acceptors (Lipinski definition) is 7. The fourth-order valence-electron chi connectivity index (χ4n) is 6.45. The first kappa shape index (κ1) is 54.7. The van der Waals surface area contributed by atoms with Crippen molar-refractivity contribution in [3.8, 4) is 0 Å². The lowest BCUT2D eigenvalue weighted by atomic mass is 10.1. The van der Waals surface area contributed by atoms with Crippen LogP contribution in [-0.2, 0) is 32.3 Å². The molecule has 332 valence electrons. The van der Waals surface area contributed by atoms with Gasteiger partial charge in [0, 0.05) is 0 Å². The first-order valence-corrected chi connectivity index (χ1v) is 25.1.